The number of likely N-dealkylation sites (N-methyl/N-ethyl adjacent to an activating group) is 2. The van der Waals surface area contributed by atoms with Crippen LogP contribution < -0.4 is 0 Å². The molecule has 0 saturated heterocycles. The lowest BCUT2D eigenvalue weighted by Crippen LogP contribution is -2.36. The highest BCUT2D eigenvalue weighted by Gasteiger charge is 2.13. The molecule has 5 nitrogen and oxygen atoms in total. The van der Waals surface area contributed by atoms with Crippen molar-refractivity contribution in [2.75, 3.05) is 34.3 Å². The molecule has 1 aromatic heterocycles. The second kappa shape index (κ2) is 9.02. The maximum atomic E-state index is 12.1. The van der Waals surface area contributed by atoms with Crippen LogP contribution in [0.3, 0.4) is 0 Å². The van der Waals surface area contributed by atoms with Gasteiger partial charge in [-0.3, -0.25) is 14.5 Å². The number of nitrogens with zero attached hydrogens (tertiary/aromatic N) is 2. The van der Waals surface area contributed by atoms with Crippen LogP contribution >= 0.6 is 22.9 Å². The third-order valence-electron chi connectivity index (χ3n) is 3.00. The summed E-state index contributed by atoms with van der Waals surface area (Å²) in [5, 5.41) is 0. The van der Waals surface area contributed by atoms with Crippen LogP contribution in [0.5, 0.6) is 0 Å². The van der Waals surface area contributed by atoms with E-state index in [0.29, 0.717) is 32.5 Å². The molecule has 0 spiro atoms. The van der Waals surface area contributed by atoms with E-state index in [1.807, 2.05) is 24.1 Å². The second-order valence-corrected chi connectivity index (χ2v) is 6.67. The summed E-state index contributed by atoms with van der Waals surface area (Å²) in [5.74, 6) is -0.179. The van der Waals surface area contributed by atoms with Crippen LogP contribution in [0.4, 0.5) is 0 Å². The third kappa shape index (κ3) is 6.93. The molecule has 0 aliphatic rings. The van der Waals surface area contributed by atoms with Gasteiger partial charge in [-0.15, -0.1) is 11.3 Å². The number of hydrogen-bond acceptors (Lipinski definition) is 5. The Kier molecular flexibility index (Phi) is 7.71. The Morgan fingerprint density at radius 1 is 1.33 bits per heavy atom. The van der Waals surface area contributed by atoms with Crippen molar-refractivity contribution >= 4 is 34.8 Å². The topological polar surface area (TPSA) is 49.9 Å². The molecular weight excluding hydrogens is 312 g/mol. The van der Waals surface area contributed by atoms with Crippen molar-refractivity contribution in [3.63, 3.8) is 0 Å². The van der Waals surface area contributed by atoms with Crippen LogP contribution in [0, 0.1) is 0 Å². The van der Waals surface area contributed by atoms with Gasteiger partial charge < -0.3 is 9.64 Å². The third-order valence-corrected chi connectivity index (χ3v) is 4.22. The van der Waals surface area contributed by atoms with E-state index < -0.39 is 0 Å². The van der Waals surface area contributed by atoms with Crippen LogP contribution in [0.2, 0.25) is 4.34 Å². The smallest absolute Gasteiger partial charge is 0.305 e. The quantitative estimate of drug-likeness (QED) is 0.685. The monoisotopic (exact) mass is 332 g/mol. The average molecular weight is 333 g/mol. The van der Waals surface area contributed by atoms with E-state index in [0.717, 1.165) is 9.21 Å². The van der Waals surface area contributed by atoms with Crippen molar-refractivity contribution in [3.8, 4) is 0 Å². The number of hydrogen-bond donors (Lipinski definition) is 0. The van der Waals surface area contributed by atoms with Gasteiger partial charge in [-0.05, 0) is 32.1 Å². The number of carbonyl (C=O) groups excluding carboxylic acids is 2. The van der Waals surface area contributed by atoms with Gasteiger partial charge in [0.25, 0.3) is 0 Å². The summed E-state index contributed by atoms with van der Waals surface area (Å²) >= 11 is 7.35. The molecule has 1 aromatic rings. The average Bonchev–Trinajstić information content (AvgIpc) is 2.83. The van der Waals surface area contributed by atoms with E-state index in [1.165, 1.54) is 18.4 Å². The highest BCUT2D eigenvalue weighted by atomic mass is 35.5. The van der Waals surface area contributed by atoms with E-state index in [4.69, 9.17) is 11.6 Å². The summed E-state index contributed by atoms with van der Waals surface area (Å²) in [4.78, 5) is 27.7. The highest BCUT2D eigenvalue weighted by molar-refractivity contribution is 7.16. The fraction of sp³-hybridized carbons (Fsp3) is 0.571. The number of carbonyl (C=O) groups is 2. The van der Waals surface area contributed by atoms with Gasteiger partial charge in [-0.25, -0.2) is 0 Å². The summed E-state index contributed by atoms with van der Waals surface area (Å²) in [6.07, 6.45) is 1.05. The van der Waals surface area contributed by atoms with Crippen molar-refractivity contribution < 1.29 is 14.3 Å². The predicted octanol–water partition coefficient (Wildman–Crippen LogP) is 2.24. The van der Waals surface area contributed by atoms with E-state index in [2.05, 4.69) is 4.74 Å². The Balaban J connectivity index is 2.29. The maximum absolute atomic E-state index is 12.1. The predicted molar refractivity (Wildman–Crippen MR) is 84.6 cm³/mol. The minimum atomic E-state index is -0.221. The Morgan fingerprint density at radius 2 is 2.05 bits per heavy atom. The number of esters is 1. The van der Waals surface area contributed by atoms with Crippen molar-refractivity contribution in [1.29, 1.82) is 0 Å². The summed E-state index contributed by atoms with van der Waals surface area (Å²) in [6, 6.07) is 3.76. The molecule has 118 valence electrons. The summed E-state index contributed by atoms with van der Waals surface area (Å²) in [7, 11) is 5.02. The lowest BCUT2D eigenvalue weighted by atomic mass is 10.3. The number of ether oxygens (including phenoxy) is 1. The van der Waals surface area contributed by atoms with Gasteiger partial charge in [0, 0.05) is 18.3 Å². The molecule has 0 aliphatic carbocycles. The molecule has 0 fully saturated rings. The molecule has 21 heavy (non-hydrogen) atoms. The molecule has 7 heteroatoms. The Hall–Kier alpha value is -1.11. The number of halogens is 1. The SMILES string of the molecule is COC(=O)CCCN(C)CC(=O)N(C)Cc1ccc(Cl)s1. The van der Waals surface area contributed by atoms with Gasteiger partial charge in [0.15, 0.2) is 0 Å². The van der Waals surface area contributed by atoms with Crippen LogP contribution in [-0.4, -0.2) is 56.0 Å². The molecule has 0 aromatic carbocycles. The van der Waals surface area contributed by atoms with E-state index in [-0.39, 0.29) is 11.9 Å². The van der Waals surface area contributed by atoms with Crippen LogP contribution in [0.25, 0.3) is 0 Å². The molecule has 0 aliphatic heterocycles. The Labute approximate surface area is 134 Å². The maximum Gasteiger partial charge on any atom is 0.305 e. The molecule has 0 bridgehead atoms. The minimum Gasteiger partial charge on any atom is -0.469 e. The number of thiophene rings is 1. The number of methoxy groups -OCH3 is 1. The summed E-state index contributed by atoms with van der Waals surface area (Å²) < 4.78 is 5.31. The first-order chi connectivity index (χ1) is 9.92. The lowest BCUT2D eigenvalue weighted by Gasteiger charge is -2.21. The number of rotatable bonds is 8. The Bertz CT molecular complexity index is 479. The molecular formula is C14H21ClN2O3S. The molecule has 1 rings (SSSR count). The normalized spacial score (nSPS) is 10.7. The van der Waals surface area contributed by atoms with Gasteiger partial charge in [0.1, 0.15) is 0 Å². The largest absolute Gasteiger partial charge is 0.469 e. The molecule has 0 atom stereocenters. The van der Waals surface area contributed by atoms with Gasteiger partial charge in [-0.1, -0.05) is 11.6 Å². The van der Waals surface area contributed by atoms with Crippen LogP contribution in [0.1, 0.15) is 17.7 Å². The molecule has 0 N–H and O–H groups in total. The lowest BCUT2D eigenvalue weighted by molar-refractivity contribution is -0.140. The zero-order valence-electron chi connectivity index (χ0n) is 12.6. The van der Waals surface area contributed by atoms with Crippen LogP contribution in [-0.2, 0) is 20.9 Å². The molecule has 0 saturated carbocycles. The Morgan fingerprint density at radius 3 is 2.62 bits per heavy atom. The zero-order chi connectivity index (χ0) is 15.8. The standard InChI is InChI=1S/C14H21ClN2O3S/c1-16(8-4-5-14(19)20-3)10-13(18)17(2)9-11-6-7-12(15)21-11/h6-7H,4-5,8-10H2,1-3H3. The second-order valence-electron chi connectivity index (χ2n) is 4.87. The van der Waals surface area contributed by atoms with Crippen molar-refractivity contribution in [2.24, 2.45) is 0 Å². The molecule has 1 heterocycles. The summed E-state index contributed by atoms with van der Waals surface area (Å²) in [5.41, 5.74) is 0. The number of amides is 1. The van der Waals surface area contributed by atoms with E-state index in [9.17, 15) is 9.59 Å². The minimum absolute atomic E-state index is 0.0418. The first-order valence-corrected chi connectivity index (χ1v) is 7.85. The zero-order valence-corrected chi connectivity index (χ0v) is 14.2. The fourth-order valence-corrected chi connectivity index (χ4v) is 2.93. The fourth-order valence-electron chi connectivity index (χ4n) is 1.78. The van der Waals surface area contributed by atoms with Gasteiger partial charge >= 0.3 is 5.97 Å². The van der Waals surface area contributed by atoms with Crippen molar-refractivity contribution in [1.82, 2.24) is 9.80 Å². The highest BCUT2D eigenvalue weighted by Crippen LogP contribution is 2.22. The van der Waals surface area contributed by atoms with Gasteiger partial charge in [0.05, 0.1) is 24.5 Å². The molecule has 1 amide bonds. The first kappa shape index (κ1) is 17.9. The molecule has 0 unspecified atom stereocenters. The van der Waals surface area contributed by atoms with Gasteiger partial charge in [0.2, 0.25) is 5.91 Å². The van der Waals surface area contributed by atoms with Crippen LogP contribution in [0.15, 0.2) is 12.1 Å². The van der Waals surface area contributed by atoms with E-state index in [1.54, 1.807) is 11.9 Å². The molecule has 0 radical (unpaired) electrons. The van der Waals surface area contributed by atoms with E-state index >= 15 is 0 Å². The first-order valence-electron chi connectivity index (χ1n) is 6.66. The van der Waals surface area contributed by atoms with Crippen molar-refractivity contribution in [3.05, 3.63) is 21.3 Å². The van der Waals surface area contributed by atoms with Gasteiger partial charge in [-0.2, -0.15) is 0 Å². The van der Waals surface area contributed by atoms with Crippen molar-refractivity contribution in [2.45, 2.75) is 19.4 Å². The summed E-state index contributed by atoms with van der Waals surface area (Å²) in [6.45, 7) is 1.57.